The summed E-state index contributed by atoms with van der Waals surface area (Å²) >= 11 is 1.87. The summed E-state index contributed by atoms with van der Waals surface area (Å²) in [5, 5.41) is 3.54. The Labute approximate surface area is 130 Å². The van der Waals surface area contributed by atoms with Crippen LogP contribution in [0.4, 0.5) is 5.69 Å². The smallest absolute Gasteiger partial charge is 0.142 e. The zero-order chi connectivity index (χ0) is 14.5. The molecular formula is C17H22N2OS. The lowest BCUT2D eigenvalue weighted by molar-refractivity contribution is 0.322. The van der Waals surface area contributed by atoms with Crippen molar-refractivity contribution < 1.29 is 4.74 Å². The summed E-state index contributed by atoms with van der Waals surface area (Å²) in [7, 11) is 0. The van der Waals surface area contributed by atoms with Gasteiger partial charge in [0.2, 0.25) is 0 Å². The lowest BCUT2D eigenvalue weighted by atomic mass is 10.2. The summed E-state index contributed by atoms with van der Waals surface area (Å²) in [6, 6.07) is 12.7. The summed E-state index contributed by atoms with van der Waals surface area (Å²) in [5.41, 5.74) is 1.23. The maximum absolute atomic E-state index is 5.80. The van der Waals surface area contributed by atoms with Crippen LogP contribution in [0.5, 0.6) is 5.75 Å². The molecule has 112 valence electrons. The number of hydrogen-bond acceptors (Lipinski definition) is 4. The van der Waals surface area contributed by atoms with Gasteiger partial charge in [-0.15, -0.1) is 11.3 Å². The molecule has 2 heterocycles. The van der Waals surface area contributed by atoms with Crippen molar-refractivity contribution in [2.75, 3.05) is 31.1 Å². The van der Waals surface area contributed by atoms with Crippen LogP contribution >= 0.6 is 11.3 Å². The second kappa shape index (κ2) is 6.96. The predicted molar refractivity (Wildman–Crippen MR) is 89.5 cm³/mol. The van der Waals surface area contributed by atoms with Gasteiger partial charge in [0.05, 0.1) is 12.3 Å². The molecule has 0 unspecified atom stereocenters. The van der Waals surface area contributed by atoms with Crippen LogP contribution in [0, 0.1) is 6.92 Å². The van der Waals surface area contributed by atoms with Crippen LogP contribution < -0.4 is 15.0 Å². The van der Waals surface area contributed by atoms with Gasteiger partial charge in [-0.2, -0.15) is 0 Å². The fraction of sp³-hybridized carbons (Fsp3) is 0.412. The molecule has 1 aliphatic rings. The highest BCUT2D eigenvalue weighted by molar-refractivity contribution is 7.11. The first-order valence-corrected chi connectivity index (χ1v) is 8.37. The number of nitrogens with one attached hydrogen (secondary N) is 1. The number of fused-ring (bicyclic) bond motifs is 1. The fourth-order valence-corrected chi connectivity index (χ4v) is 3.50. The van der Waals surface area contributed by atoms with E-state index in [1.54, 1.807) is 0 Å². The molecule has 0 atom stereocenters. The molecule has 21 heavy (non-hydrogen) atoms. The summed E-state index contributed by atoms with van der Waals surface area (Å²) in [4.78, 5) is 5.21. The molecule has 0 radical (unpaired) electrons. The van der Waals surface area contributed by atoms with Crippen molar-refractivity contribution in [3.8, 4) is 5.75 Å². The Bertz CT molecular complexity index is 582. The minimum atomic E-state index is 0.815. The Morgan fingerprint density at radius 2 is 2.14 bits per heavy atom. The number of aryl methyl sites for hydroxylation is 1. The molecule has 0 saturated heterocycles. The zero-order valence-electron chi connectivity index (χ0n) is 12.5. The van der Waals surface area contributed by atoms with Crippen molar-refractivity contribution in [1.82, 2.24) is 5.32 Å². The van der Waals surface area contributed by atoms with Crippen molar-refractivity contribution in [1.29, 1.82) is 0 Å². The Morgan fingerprint density at radius 1 is 1.24 bits per heavy atom. The molecule has 1 aliphatic heterocycles. The van der Waals surface area contributed by atoms with Crippen LogP contribution in [0.2, 0.25) is 0 Å². The van der Waals surface area contributed by atoms with Gasteiger partial charge in [0.1, 0.15) is 5.75 Å². The first-order chi connectivity index (χ1) is 10.3. The molecule has 1 aromatic carbocycles. The van der Waals surface area contributed by atoms with Crippen LogP contribution in [-0.2, 0) is 6.54 Å². The van der Waals surface area contributed by atoms with Gasteiger partial charge in [0.25, 0.3) is 0 Å². The van der Waals surface area contributed by atoms with Gasteiger partial charge in [-0.1, -0.05) is 12.1 Å². The maximum atomic E-state index is 5.80. The van der Waals surface area contributed by atoms with E-state index in [0.29, 0.717) is 0 Å². The van der Waals surface area contributed by atoms with E-state index in [1.807, 2.05) is 17.4 Å². The van der Waals surface area contributed by atoms with Crippen LogP contribution in [0.15, 0.2) is 36.4 Å². The number of anilines is 1. The molecule has 0 spiro atoms. The molecule has 0 amide bonds. The largest absolute Gasteiger partial charge is 0.491 e. The third kappa shape index (κ3) is 3.77. The quantitative estimate of drug-likeness (QED) is 0.856. The Morgan fingerprint density at radius 3 is 3.00 bits per heavy atom. The fourth-order valence-electron chi connectivity index (χ4n) is 2.64. The molecule has 3 nitrogen and oxygen atoms in total. The van der Waals surface area contributed by atoms with Crippen molar-refractivity contribution in [2.24, 2.45) is 0 Å². The molecule has 0 aliphatic carbocycles. The molecule has 0 bridgehead atoms. The highest BCUT2D eigenvalue weighted by Gasteiger charge is 2.14. The monoisotopic (exact) mass is 302 g/mol. The lowest BCUT2D eigenvalue weighted by Gasteiger charge is -2.23. The van der Waals surface area contributed by atoms with Crippen LogP contribution in [0.1, 0.15) is 16.2 Å². The van der Waals surface area contributed by atoms with Crippen LogP contribution in [0.3, 0.4) is 0 Å². The van der Waals surface area contributed by atoms with Crippen molar-refractivity contribution in [3.63, 3.8) is 0 Å². The number of para-hydroxylation sites is 2. The standard InChI is InChI=1S/C17H22N2OS/c1-14-7-8-15(21-14)13-18-9-11-19-10-4-12-20-17-6-3-2-5-16(17)19/h2-3,5-8,18H,4,9-13H2,1H3. The van der Waals surface area contributed by atoms with Crippen molar-refractivity contribution in [2.45, 2.75) is 19.9 Å². The SMILES string of the molecule is Cc1ccc(CNCCN2CCCOc3ccccc32)s1. The van der Waals surface area contributed by atoms with Gasteiger partial charge >= 0.3 is 0 Å². The Hall–Kier alpha value is -1.52. The summed E-state index contributed by atoms with van der Waals surface area (Å²) in [6.45, 7) is 7.01. The number of rotatable bonds is 5. The first-order valence-electron chi connectivity index (χ1n) is 7.56. The van der Waals surface area contributed by atoms with Gasteiger partial charge in [-0.3, -0.25) is 0 Å². The van der Waals surface area contributed by atoms with Gasteiger partial charge in [-0.25, -0.2) is 0 Å². The third-order valence-electron chi connectivity index (χ3n) is 3.69. The molecule has 2 aromatic rings. The second-order valence-electron chi connectivity index (χ2n) is 5.35. The van der Waals surface area contributed by atoms with Crippen LogP contribution in [-0.4, -0.2) is 26.2 Å². The number of hydrogen-bond donors (Lipinski definition) is 1. The van der Waals surface area contributed by atoms with Gasteiger partial charge in [0.15, 0.2) is 0 Å². The minimum absolute atomic E-state index is 0.815. The highest BCUT2D eigenvalue weighted by atomic mass is 32.1. The van der Waals surface area contributed by atoms with Gasteiger partial charge < -0.3 is 15.0 Å². The van der Waals surface area contributed by atoms with Crippen molar-refractivity contribution in [3.05, 3.63) is 46.2 Å². The average Bonchev–Trinajstić information content (AvgIpc) is 2.80. The summed E-state index contributed by atoms with van der Waals surface area (Å²) < 4.78 is 5.80. The lowest BCUT2D eigenvalue weighted by Crippen LogP contribution is -2.32. The van der Waals surface area contributed by atoms with E-state index in [1.165, 1.54) is 15.4 Å². The molecule has 3 rings (SSSR count). The topological polar surface area (TPSA) is 24.5 Å². The second-order valence-corrected chi connectivity index (χ2v) is 6.72. The van der Waals surface area contributed by atoms with Crippen molar-refractivity contribution >= 4 is 17.0 Å². The van der Waals surface area contributed by atoms with E-state index < -0.39 is 0 Å². The predicted octanol–water partition coefficient (Wildman–Crippen LogP) is 3.44. The number of thiophene rings is 1. The highest BCUT2D eigenvalue weighted by Crippen LogP contribution is 2.29. The molecule has 0 saturated carbocycles. The molecule has 1 N–H and O–H groups in total. The van der Waals surface area contributed by atoms with E-state index >= 15 is 0 Å². The maximum Gasteiger partial charge on any atom is 0.142 e. The van der Waals surface area contributed by atoms with Crippen LogP contribution in [0.25, 0.3) is 0 Å². The average molecular weight is 302 g/mol. The molecule has 4 heteroatoms. The normalized spacial score (nSPS) is 14.4. The Balaban J connectivity index is 1.53. The molecule has 1 aromatic heterocycles. The third-order valence-corrected chi connectivity index (χ3v) is 4.69. The van der Waals surface area contributed by atoms with E-state index in [0.717, 1.165) is 45.0 Å². The number of benzene rings is 1. The number of ether oxygens (including phenoxy) is 1. The number of nitrogens with zero attached hydrogens (tertiary/aromatic N) is 1. The Kier molecular flexibility index (Phi) is 4.78. The van der Waals surface area contributed by atoms with E-state index in [2.05, 4.69) is 47.5 Å². The van der Waals surface area contributed by atoms with E-state index in [-0.39, 0.29) is 0 Å². The van der Waals surface area contributed by atoms with Gasteiger partial charge in [-0.05, 0) is 37.6 Å². The van der Waals surface area contributed by atoms with E-state index in [4.69, 9.17) is 4.74 Å². The van der Waals surface area contributed by atoms with E-state index in [9.17, 15) is 0 Å². The zero-order valence-corrected chi connectivity index (χ0v) is 13.3. The molecular weight excluding hydrogens is 280 g/mol. The van der Waals surface area contributed by atoms with Gasteiger partial charge in [0, 0.05) is 35.9 Å². The summed E-state index contributed by atoms with van der Waals surface area (Å²) in [6.07, 6.45) is 1.08. The summed E-state index contributed by atoms with van der Waals surface area (Å²) in [5.74, 6) is 1.02. The first kappa shape index (κ1) is 14.4. The molecule has 0 fully saturated rings. The minimum Gasteiger partial charge on any atom is -0.491 e.